The molecule has 0 bridgehead atoms. The SMILES string of the molecule is CCCCN1CC(C(=O)Nc2ccc(C(=O)Nc3ccc(OC)cc3)cc2)CC1=O. The second-order valence-corrected chi connectivity index (χ2v) is 7.34. The third-order valence-electron chi connectivity index (χ3n) is 5.13. The molecule has 0 aromatic heterocycles. The molecule has 0 saturated carbocycles. The van der Waals surface area contributed by atoms with Crippen LogP contribution in [0.2, 0.25) is 0 Å². The van der Waals surface area contributed by atoms with E-state index in [0.717, 1.165) is 12.8 Å². The predicted molar refractivity (Wildman–Crippen MR) is 116 cm³/mol. The standard InChI is InChI=1S/C23H27N3O4/c1-3-4-13-26-15-17(14-21(26)27)23(29)25-18-7-5-16(6-8-18)22(28)24-19-9-11-20(30-2)12-10-19/h5-12,17H,3-4,13-15H2,1-2H3,(H,24,28)(H,25,29). The van der Waals surface area contributed by atoms with Crippen LogP contribution in [0.1, 0.15) is 36.5 Å². The van der Waals surface area contributed by atoms with Gasteiger partial charge in [0.1, 0.15) is 5.75 Å². The van der Waals surface area contributed by atoms with E-state index in [1.807, 2.05) is 0 Å². The van der Waals surface area contributed by atoms with Gasteiger partial charge >= 0.3 is 0 Å². The maximum atomic E-state index is 12.5. The minimum Gasteiger partial charge on any atom is -0.497 e. The average molecular weight is 409 g/mol. The monoisotopic (exact) mass is 409 g/mol. The molecule has 0 aliphatic carbocycles. The molecule has 158 valence electrons. The third kappa shape index (κ3) is 5.37. The van der Waals surface area contributed by atoms with E-state index in [0.29, 0.717) is 35.8 Å². The number of carbonyl (C=O) groups excluding carboxylic acids is 3. The highest BCUT2D eigenvalue weighted by Gasteiger charge is 2.33. The molecule has 2 aromatic rings. The number of benzene rings is 2. The van der Waals surface area contributed by atoms with Gasteiger partial charge in [-0.05, 0) is 55.0 Å². The average Bonchev–Trinajstić information content (AvgIpc) is 3.14. The molecule has 3 rings (SSSR count). The maximum Gasteiger partial charge on any atom is 0.255 e. The highest BCUT2D eigenvalue weighted by Crippen LogP contribution is 2.21. The molecule has 1 saturated heterocycles. The fourth-order valence-electron chi connectivity index (χ4n) is 3.34. The molecule has 1 unspecified atom stereocenters. The molecule has 1 heterocycles. The van der Waals surface area contributed by atoms with Crippen LogP contribution in [0, 0.1) is 5.92 Å². The van der Waals surface area contributed by atoms with Crippen molar-refractivity contribution in [3.8, 4) is 5.75 Å². The number of hydrogen-bond donors (Lipinski definition) is 2. The van der Waals surface area contributed by atoms with Crippen LogP contribution in [0.4, 0.5) is 11.4 Å². The van der Waals surface area contributed by atoms with Crippen molar-refractivity contribution in [2.75, 3.05) is 30.8 Å². The Balaban J connectivity index is 1.54. The fraction of sp³-hybridized carbons (Fsp3) is 0.348. The first-order valence-corrected chi connectivity index (χ1v) is 10.1. The van der Waals surface area contributed by atoms with E-state index in [9.17, 15) is 14.4 Å². The van der Waals surface area contributed by atoms with Crippen molar-refractivity contribution in [2.24, 2.45) is 5.92 Å². The van der Waals surface area contributed by atoms with Gasteiger partial charge in [0.2, 0.25) is 11.8 Å². The molecule has 7 nitrogen and oxygen atoms in total. The molecule has 0 spiro atoms. The van der Waals surface area contributed by atoms with Gasteiger partial charge in [0, 0.05) is 36.4 Å². The summed E-state index contributed by atoms with van der Waals surface area (Å²) in [5.41, 5.74) is 1.74. The molecular weight excluding hydrogens is 382 g/mol. The lowest BCUT2D eigenvalue weighted by Crippen LogP contribution is -2.29. The topological polar surface area (TPSA) is 87.7 Å². The van der Waals surface area contributed by atoms with Gasteiger partial charge in [-0.1, -0.05) is 13.3 Å². The summed E-state index contributed by atoms with van der Waals surface area (Å²) >= 11 is 0. The van der Waals surface area contributed by atoms with Gasteiger partial charge < -0.3 is 20.3 Å². The van der Waals surface area contributed by atoms with E-state index in [2.05, 4.69) is 17.6 Å². The molecular formula is C23H27N3O4. The van der Waals surface area contributed by atoms with Crippen LogP contribution in [0.15, 0.2) is 48.5 Å². The third-order valence-corrected chi connectivity index (χ3v) is 5.13. The maximum absolute atomic E-state index is 12.5. The number of amides is 3. The Hall–Kier alpha value is -3.35. The summed E-state index contributed by atoms with van der Waals surface area (Å²) in [6, 6.07) is 13.7. The van der Waals surface area contributed by atoms with E-state index >= 15 is 0 Å². The van der Waals surface area contributed by atoms with Gasteiger partial charge in [-0.3, -0.25) is 14.4 Å². The molecule has 0 radical (unpaired) electrons. The van der Waals surface area contributed by atoms with E-state index in [4.69, 9.17) is 4.74 Å². The number of carbonyl (C=O) groups is 3. The Bertz CT molecular complexity index is 894. The van der Waals surface area contributed by atoms with Crippen LogP contribution in [-0.2, 0) is 9.59 Å². The fourth-order valence-corrected chi connectivity index (χ4v) is 3.34. The van der Waals surface area contributed by atoms with Crippen LogP contribution >= 0.6 is 0 Å². The minimum absolute atomic E-state index is 0.0363. The van der Waals surface area contributed by atoms with Gasteiger partial charge in [-0.2, -0.15) is 0 Å². The van der Waals surface area contributed by atoms with E-state index in [1.54, 1.807) is 60.5 Å². The molecule has 2 aromatic carbocycles. The Kier molecular flexibility index (Phi) is 7.06. The van der Waals surface area contributed by atoms with Crippen molar-refractivity contribution >= 4 is 29.1 Å². The van der Waals surface area contributed by atoms with Crippen molar-refractivity contribution in [2.45, 2.75) is 26.2 Å². The highest BCUT2D eigenvalue weighted by atomic mass is 16.5. The summed E-state index contributed by atoms with van der Waals surface area (Å²) in [7, 11) is 1.58. The molecule has 2 N–H and O–H groups in total. The molecule has 30 heavy (non-hydrogen) atoms. The van der Waals surface area contributed by atoms with Gasteiger partial charge in [0.15, 0.2) is 0 Å². The number of hydrogen-bond acceptors (Lipinski definition) is 4. The Morgan fingerprint density at radius 1 is 1.03 bits per heavy atom. The van der Waals surface area contributed by atoms with Crippen molar-refractivity contribution < 1.29 is 19.1 Å². The lowest BCUT2D eigenvalue weighted by atomic mass is 10.1. The van der Waals surface area contributed by atoms with E-state index < -0.39 is 0 Å². The zero-order valence-electron chi connectivity index (χ0n) is 17.3. The second-order valence-electron chi connectivity index (χ2n) is 7.34. The Morgan fingerprint density at radius 2 is 1.67 bits per heavy atom. The number of likely N-dealkylation sites (tertiary alicyclic amines) is 1. The summed E-state index contributed by atoms with van der Waals surface area (Å²) in [6.07, 6.45) is 2.21. The molecule has 1 fully saturated rings. The number of rotatable bonds is 8. The molecule has 1 aliphatic heterocycles. The van der Waals surface area contributed by atoms with Crippen LogP contribution in [-0.4, -0.2) is 42.8 Å². The van der Waals surface area contributed by atoms with Gasteiger partial charge in [0.25, 0.3) is 5.91 Å². The second kappa shape index (κ2) is 9.91. The molecule has 7 heteroatoms. The number of methoxy groups -OCH3 is 1. The lowest BCUT2D eigenvalue weighted by Gasteiger charge is -2.16. The highest BCUT2D eigenvalue weighted by molar-refractivity contribution is 6.05. The first-order valence-electron chi connectivity index (χ1n) is 10.1. The smallest absolute Gasteiger partial charge is 0.255 e. The number of nitrogens with one attached hydrogen (secondary N) is 2. The zero-order chi connectivity index (χ0) is 21.5. The summed E-state index contributed by atoms with van der Waals surface area (Å²) in [4.78, 5) is 38.7. The largest absolute Gasteiger partial charge is 0.497 e. The summed E-state index contributed by atoms with van der Waals surface area (Å²) < 4.78 is 5.10. The quantitative estimate of drug-likeness (QED) is 0.698. The molecule has 1 aliphatic rings. The summed E-state index contributed by atoms with van der Waals surface area (Å²) in [5.74, 6) is -0.00382. The Labute approximate surface area is 176 Å². The Morgan fingerprint density at radius 3 is 2.30 bits per heavy atom. The van der Waals surface area contributed by atoms with E-state index in [1.165, 1.54) is 0 Å². The molecule has 3 amide bonds. The number of ether oxygens (including phenoxy) is 1. The van der Waals surface area contributed by atoms with Crippen molar-refractivity contribution in [3.63, 3.8) is 0 Å². The molecule has 1 atom stereocenters. The summed E-state index contributed by atoms with van der Waals surface area (Å²) in [6.45, 7) is 3.25. The summed E-state index contributed by atoms with van der Waals surface area (Å²) in [5, 5.41) is 5.66. The van der Waals surface area contributed by atoms with Crippen molar-refractivity contribution in [1.82, 2.24) is 4.90 Å². The van der Waals surface area contributed by atoms with Crippen LogP contribution < -0.4 is 15.4 Å². The van der Waals surface area contributed by atoms with Gasteiger partial charge in [0.05, 0.1) is 13.0 Å². The number of anilines is 2. The van der Waals surface area contributed by atoms with E-state index in [-0.39, 0.29) is 30.1 Å². The zero-order valence-corrected chi connectivity index (χ0v) is 17.3. The number of unbranched alkanes of at least 4 members (excludes halogenated alkanes) is 1. The first-order chi connectivity index (χ1) is 14.5. The van der Waals surface area contributed by atoms with Crippen LogP contribution in [0.25, 0.3) is 0 Å². The van der Waals surface area contributed by atoms with Crippen molar-refractivity contribution in [1.29, 1.82) is 0 Å². The first kappa shape index (κ1) is 21.4. The predicted octanol–water partition coefficient (Wildman–Crippen LogP) is 3.53. The minimum atomic E-state index is -0.340. The lowest BCUT2D eigenvalue weighted by molar-refractivity contribution is -0.128. The van der Waals surface area contributed by atoms with Gasteiger partial charge in [-0.25, -0.2) is 0 Å². The van der Waals surface area contributed by atoms with Gasteiger partial charge in [-0.15, -0.1) is 0 Å². The van der Waals surface area contributed by atoms with Crippen LogP contribution in [0.5, 0.6) is 5.75 Å². The van der Waals surface area contributed by atoms with Crippen LogP contribution in [0.3, 0.4) is 0 Å². The van der Waals surface area contributed by atoms with Crippen molar-refractivity contribution in [3.05, 3.63) is 54.1 Å². The normalized spacial score (nSPS) is 15.7. The number of nitrogens with zero attached hydrogens (tertiary/aromatic N) is 1.